The maximum atomic E-state index is 14.9. The van der Waals surface area contributed by atoms with E-state index in [-0.39, 0.29) is 46.8 Å². The third-order valence-electron chi connectivity index (χ3n) is 5.39. The van der Waals surface area contributed by atoms with E-state index in [2.05, 4.69) is 0 Å². The summed E-state index contributed by atoms with van der Waals surface area (Å²) < 4.78 is 44.0. The van der Waals surface area contributed by atoms with Crippen LogP contribution >= 0.6 is 12.4 Å². The summed E-state index contributed by atoms with van der Waals surface area (Å²) in [7, 11) is 0. The van der Waals surface area contributed by atoms with Crippen molar-refractivity contribution in [2.45, 2.75) is 25.4 Å². The van der Waals surface area contributed by atoms with Gasteiger partial charge in [-0.3, -0.25) is 4.79 Å². The second-order valence-electron chi connectivity index (χ2n) is 7.46. The number of carbonyl (C=O) groups is 1. The van der Waals surface area contributed by atoms with E-state index in [0.29, 0.717) is 19.0 Å². The van der Waals surface area contributed by atoms with Crippen LogP contribution in [0, 0.1) is 17.5 Å². The van der Waals surface area contributed by atoms with Crippen LogP contribution in [0.2, 0.25) is 0 Å². The number of pyridine rings is 1. The Morgan fingerprint density at radius 2 is 1.81 bits per heavy atom. The number of fused-ring (bicyclic) bond motifs is 1. The minimum absolute atomic E-state index is 0. The van der Waals surface area contributed by atoms with Crippen LogP contribution in [0.5, 0.6) is 0 Å². The molecule has 31 heavy (non-hydrogen) atoms. The Balaban J connectivity index is 0.00000272. The minimum atomic E-state index is -1.54. The van der Waals surface area contributed by atoms with E-state index in [0.717, 1.165) is 29.0 Å². The number of carboxylic acid groups (broad SMARTS) is 1. The largest absolute Gasteiger partial charge is 0.477 e. The second-order valence-corrected chi connectivity index (χ2v) is 7.46. The Bertz CT molecular complexity index is 1250. The molecule has 3 aromatic rings. The van der Waals surface area contributed by atoms with E-state index in [1.807, 2.05) is 6.92 Å². The fraction of sp³-hybridized carbons (Fsp3) is 0.238. The highest BCUT2D eigenvalue weighted by molar-refractivity contribution is 5.94. The lowest BCUT2D eigenvalue weighted by atomic mass is 10.1. The molecule has 1 aliphatic rings. The second kappa shape index (κ2) is 8.24. The molecular formula is C21H19ClF3N3O3. The van der Waals surface area contributed by atoms with Gasteiger partial charge in [0.1, 0.15) is 23.0 Å². The molecule has 0 amide bonds. The highest BCUT2D eigenvalue weighted by Crippen LogP contribution is 2.32. The predicted octanol–water partition coefficient (Wildman–Crippen LogP) is 3.45. The van der Waals surface area contributed by atoms with E-state index in [4.69, 9.17) is 5.73 Å². The molecule has 3 N–H and O–H groups in total. The van der Waals surface area contributed by atoms with Crippen LogP contribution in [0.25, 0.3) is 16.6 Å². The Kier molecular flexibility index (Phi) is 6.02. The number of hydrogen-bond acceptors (Lipinski definition) is 4. The summed E-state index contributed by atoms with van der Waals surface area (Å²) in [5.74, 6) is -4.03. The van der Waals surface area contributed by atoms with Crippen molar-refractivity contribution in [1.82, 2.24) is 4.57 Å². The van der Waals surface area contributed by atoms with Gasteiger partial charge in [-0.15, -0.1) is 12.4 Å². The van der Waals surface area contributed by atoms with Gasteiger partial charge >= 0.3 is 5.97 Å². The number of hydrogen-bond donors (Lipinski definition) is 2. The fourth-order valence-electron chi connectivity index (χ4n) is 3.99. The molecule has 4 rings (SSSR count). The van der Waals surface area contributed by atoms with Crippen LogP contribution in [0.15, 0.2) is 41.3 Å². The van der Waals surface area contributed by atoms with Crippen LogP contribution in [-0.2, 0) is 0 Å². The average Bonchev–Trinajstić information content (AvgIpc) is 3.00. The lowest BCUT2D eigenvalue weighted by Crippen LogP contribution is -2.30. The molecule has 6 nitrogen and oxygen atoms in total. The van der Waals surface area contributed by atoms with E-state index in [1.54, 1.807) is 4.90 Å². The number of aromatic nitrogens is 1. The van der Waals surface area contributed by atoms with Gasteiger partial charge in [-0.05, 0) is 37.6 Å². The van der Waals surface area contributed by atoms with E-state index >= 15 is 0 Å². The molecule has 2 atom stereocenters. The molecule has 10 heteroatoms. The standard InChI is InChI=1S/C21H18F3N3O3.ClH/c1-10-4-12(25)8-26(10)19-7-18-13(6-16(19)24)20(28)14(21(29)30)9-27(18)17-3-2-11(22)5-15(17)23;/h2-3,5-7,9-10,12H,4,8,25H2,1H3,(H,29,30);1H/t10-,12+;/m0./s1. The van der Waals surface area contributed by atoms with Crippen molar-refractivity contribution >= 4 is 35.0 Å². The molecule has 0 unspecified atom stereocenters. The quantitative estimate of drug-likeness (QED) is 0.634. The molecule has 0 radical (unpaired) electrons. The van der Waals surface area contributed by atoms with Crippen molar-refractivity contribution in [3.63, 3.8) is 0 Å². The number of nitrogens with zero attached hydrogens (tertiary/aromatic N) is 2. The van der Waals surface area contributed by atoms with Crippen molar-refractivity contribution in [3.8, 4) is 5.69 Å². The number of anilines is 1. The summed E-state index contributed by atoms with van der Waals surface area (Å²) in [6.45, 7) is 2.28. The SMILES string of the molecule is C[C@H]1C[C@@H](N)CN1c1cc2c(cc1F)c(=O)c(C(=O)O)cn2-c1ccc(F)cc1F.Cl. The first-order valence-corrected chi connectivity index (χ1v) is 9.27. The number of benzene rings is 2. The van der Waals surface area contributed by atoms with Crippen molar-refractivity contribution in [1.29, 1.82) is 0 Å². The van der Waals surface area contributed by atoms with Crippen LogP contribution in [0.4, 0.5) is 18.9 Å². The van der Waals surface area contributed by atoms with Gasteiger partial charge in [-0.1, -0.05) is 0 Å². The zero-order chi connectivity index (χ0) is 21.7. The van der Waals surface area contributed by atoms with Gasteiger partial charge in [0.15, 0.2) is 0 Å². The van der Waals surface area contributed by atoms with Crippen molar-refractivity contribution < 1.29 is 23.1 Å². The van der Waals surface area contributed by atoms with Crippen LogP contribution in [-0.4, -0.2) is 34.3 Å². The number of halogens is 4. The maximum absolute atomic E-state index is 14.9. The van der Waals surface area contributed by atoms with Gasteiger partial charge in [0, 0.05) is 36.3 Å². The number of aromatic carboxylic acids is 1. The molecule has 0 saturated carbocycles. The van der Waals surface area contributed by atoms with Crippen molar-refractivity contribution in [2.24, 2.45) is 5.73 Å². The molecule has 1 aromatic heterocycles. The maximum Gasteiger partial charge on any atom is 0.341 e. The van der Waals surface area contributed by atoms with Gasteiger partial charge in [0.05, 0.1) is 16.9 Å². The molecule has 1 aliphatic heterocycles. The zero-order valence-corrected chi connectivity index (χ0v) is 17.1. The number of carboxylic acids is 1. The molecule has 0 aliphatic carbocycles. The average molecular weight is 454 g/mol. The molecule has 164 valence electrons. The number of nitrogens with two attached hydrogens (primary N) is 1. The molecule has 0 spiro atoms. The Hall–Kier alpha value is -3.04. The summed E-state index contributed by atoms with van der Waals surface area (Å²) in [6, 6.07) is 4.88. The minimum Gasteiger partial charge on any atom is -0.477 e. The fourth-order valence-corrected chi connectivity index (χ4v) is 3.99. The zero-order valence-electron chi connectivity index (χ0n) is 16.3. The third-order valence-corrected chi connectivity index (χ3v) is 5.39. The first-order valence-electron chi connectivity index (χ1n) is 9.27. The lowest BCUT2D eigenvalue weighted by Gasteiger charge is -2.25. The van der Waals surface area contributed by atoms with E-state index in [9.17, 15) is 27.9 Å². The van der Waals surface area contributed by atoms with Gasteiger partial charge < -0.3 is 20.3 Å². The summed E-state index contributed by atoms with van der Waals surface area (Å²) in [5, 5.41) is 9.16. The molecule has 2 aromatic carbocycles. The molecule has 2 heterocycles. The molecule has 1 fully saturated rings. The first-order chi connectivity index (χ1) is 14.2. The summed E-state index contributed by atoms with van der Waals surface area (Å²) in [4.78, 5) is 25.9. The van der Waals surface area contributed by atoms with Crippen molar-refractivity contribution in [2.75, 3.05) is 11.4 Å². The highest BCUT2D eigenvalue weighted by Gasteiger charge is 2.29. The molecular weight excluding hydrogens is 435 g/mol. The molecule has 0 bridgehead atoms. The Labute approximate surface area is 181 Å². The predicted molar refractivity (Wildman–Crippen MR) is 113 cm³/mol. The lowest BCUT2D eigenvalue weighted by molar-refractivity contribution is 0.0695. The highest BCUT2D eigenvalue weighted by atomic mass is 35.5. The summed E-state index contributed by atoms with van der Waals surface area (Å²) in [6.07, 6.45) is 1.61. The Morgan fingerprint density at radius 3 is 2.39 bits per heavy atom. The smallest absolute Gasteiger partial charge is 0.341 e. The van der Waals surface area contributed by atoms with Crippen LogP contribution in [0.3, 0.4) is 0 Å². The van der Waals surface area contributed by atoms with E-state index < -0.39 is 34.4 Å². The van der Waals surface area contributed by atoms with Crippen molar-refractivity contribution in [3.05, 3.63) is 69.8 Å². The number of rotatable bonds is 3. The van der Waals surface area contributed by atoms with Gasteiger partial charge in [0.2, 0.25) is 5.43 Å². The van der Waals surface area contributed by atoms with Gasteiger partial charge in [-0.25, -0.2) is 18.0 Å². The topological polar surface area (TPSA) is 88.6 Å². The third kappa shape index (κ3) is 3.86. The summed E-state index contributed by atoms with van der Waals surface area (Å²) in [5.41, 5.74) is 4.52. The van der Waals surface area contributed by atoms with Crippen LogP contribution < -0.4 is 16.1 Å². The summed E-state index contributed by atoms with van der Waals surface area (Å²) >= 11 is 0. The van der Waals surface area contributed by atoms with Crippen LogP contribution in [0.1, 0.15) is 23.7 Å². The van der Waals surface area contributed by atoms with Gasteiger partial charge in [-0.2, -0.15) is 0 Å². The first kappa shape index (κ1) is 22.6. The van der Waals surface area contributed by atoms with E-state index in [1.165, 1.54) is 6.07 Å². The van der Waals surface area contributed by atoms with Gasteiger partial charge in [0.25, 0.3) is 0 Å². The Morgan fingerprint density at radius 1 is 1.13 bits per heavy atom. The monoisotopic (exact) mass is 453 g/mol. The molecule has 1 saturated heterocycles. The normalized spacial score (nSPS) is 18.3.